The smallest absolute Gasteiger partial charge is 0.238 e. The lowest BCUT2D eigenvalue weighted by molar-refractivity contribution is 0.124. The molecule has 0 aliphatic heterocycles. The van der Waals surface area contributed by atoms with E-state index < -0.39 is 0 Å². The fourth-order valence-corrected chi connectivity index (χ4v) is 1.92. The summed E-state index contributed by atoms with van der Waals surface area (Å²) >= 11 is 1.59. The molecule has 5 heteroatoms. The first kappa shape index (κ1) is 14.1. The van der Waals surface area contributed by atoms with Crippen LogP contribution in [0.15, 0.2) is 17.2 Å². The zero-order valence-corrected chi connectivity index (χ0v) is 11.4. The first-order valence-electron chi connectivity index (χ1n) is 5.61. The molecule has 1 heterocycles. The van der Waals surface area contributed by atoms with Crippen LogP contribution in [0.2, 0.25) is 0 Å². The van der Waals surface area contributed by atoms with Crippen LogP contribution in [0.4, 0.5) is 5.69 Å². The highest BCUT2D eigenvalue weighted by atomic mass is 32.2. The van der Waals surface area contributed by atoms with Crippen LogP contribution >= 0.6 is 11.8 Å². The van der Waals surface area contributed by atoms with Gasteiger partial charge in [-0.2, -0.15) is 0 Å². The van der Waals surface area contributed by atoms with Crippen molar-refractivity contribution in [1.29, 1.82) is 0 Å². The van der Waals surface area contributed by atoms with Crippen molar-refractivity contribution in [1.82, 2.24) is 4.98 Å². The molecular formula is C12H20N2O2S. The number of nitrogens with two attached hydrogens (primary N) is 1. The Morgan fingerprint density at radius 2 is 2.12 bits per heavy atom. The normalized spacial score (nSPS) is 11.5. The summed E-state index contributed by atoms with van der Waals surface area (Å²) in [6, 6.07) is 3.67. The summed E-state index contributed by atoms with van der Waals surface area (Å²) in [6.07, 6.45) is 0.756. The van der Waals surface area contributed by atoms with E-state index in [-0.39, 0.29) is 12.2 Å². The Labute approximate surface area is 107 Å². The molecule has 4 nitrogen and oxygen atoms in total. The summed E-state index contributed by atoms with van der Waals surface area (Å²) in [4.78, 5) is 4.36. The van der Waals surface area contributed by atoms with Gasteiger partial charge in [0.15, 0.2) is 0 Å². The van der Waals surface area contributed by atoms with E-state index in [2.05, 4.69) is 4.98 Å². The minimum Gasteiger partial charge on any atom is -0.470 e. The fourth-order valence-electron chi connectivity index (χ4n) is 1.13. The highest BCUT2D eigenvalue weighted by Gasteiger charge is 2.15. The molecule has 0 saturated carbocycles. The predicted octanol–water partition coefficient (Wildman–Crippen LogP) is 2.32. The Morgan fingerprint density at radius 1 is 1.41 bits per heavy atom. The lowest BCUT2D eigenvalue weighted by Crippen LogP contribution is -2.24. The summed E-state index contributed by atoms with van der Waals surface area (Å²) in [5.74, 6) is 1.31. The lowest BCUT2D eigenvalue weighted by Gasteiger charge is -2.21. The maximum atomic E-state index is 8.72. The number of hydrogen-bond acceptors (Lipinski definition) is 5. The highest BCUT2D eigenvalue weighted by molar-refractivity contribution is 7.99. The van der Waals surface area contributed by atoms with Gasteiger partial charge in [-0.25, -0.2) is 4.98 Å². The van der Waals surface area contributed by atoms with Gasteiger partial charge in [0.1, 0.15) is 10.6 Å². The molecule has 0 aromatic carbocycles. The van der Waals surface area contributed by atoms with Crippen LogP contribution in [-0.2, 0) is 0 Å². The lowest BCUT2D eigenvalue weighted by atomic mass is 10.2. The van der Waals surface area contributed by atoms with Crippen molar-refractivity contribution in [2.45, 2.75) is 37.8 Å². The van der Waals surface area contributed by atoms with Crippen molar-refractivity contribution in [2.24, 2.45) is 0 Å². The molecule has 0 radical (unpaired) electrons. The molecule has 3 N–H and O–H groups in total. The van der Waals surface area contributed by atoms with Gasteiger partial charge >= 0.3 is 0 Å². The topological polar surface area (TPSA) is 68.4 Å². The van der Waals surface area contributed by atoms with Crippen LogP contribution in [0.3, 0.4) is 0 Å². The van der Waals surface area contributed by atoms with Crippen LogP contribution in [0, 0.1) is 0 Å². The third-order valence-electron chi connectivity index (χ3n) is 1.82. The number of aliphatic hydroxyl groups excluding tert-OH is 1. The molecule has 0 atom stereocenters. The highest BCUT2D eigenvalue weighted by Crippen LogP contribution is 2.27. The van der Waals surface area contributed by atoms with Gasteiger partial charge in [0, 0.05) is 12.4 Å². The van der Waals surface area contributed by atoms with E-state index in [1.54, 1.807) is 17.8 Å². The third kappa shape index (κ3) is 5.28. The number of hydrogen-bond donors (Lipinski definition) is 2. The van der Waals surface area contributed by atoms with E-state index in [4.69, 9.17) is 15.6 Å². The summed E-state index contributed by atoms with van der Waals surface area (Å²) in [5.41, 5.74) is 6.05. The van der Waals surface area contributed by atoms with Crippen LogP contribution in [-0.4, -0.2) is 28.1 Å². The fraction of sp³-hybridized carbons (Fsp3) is 0.583. The Hall–Kier alpha value is -0.940. The van der Waals surface area contributed by atoms with E-state index in [1.165, 1.54) is 0 Å². The Bertz CT molecular complexity index is 364. The van der Waals surface area contributed by atoms with Crippen molar-refractivity contribution in [2.75, 3.05) is 18.1 Å². The van der Waals surface area contributed by atoms with E-state index in [0.717, 1.165) is 17.2 Å². The molecule has 0 saturated heterocycles. The number of rotatable bonds is 5. The van der Waals surface area contributed by atoms with Crippen molar-refractivity contribution in [3.8, 4) is 5.88 Å². The minimum absolute atomic E-state index is 0.202. The Balaban J connectivity index is 2.72. The van der Waals surface area contributed by atoms with E-state index in [1.807, 2.05) is 26.8 Å². The molecule has 1 aromatic heterocycles. The first-order chi connectivity index (χ1) is 7.92. The van der Waals surface area contributed by atoms with Gasteiger partial charge in [-0.3, -0.25) is 0 Å². The number of nitrogen functional groups attached to an aromatic ring is 1. The molecule has 96 valence electrons. The second-order valence-corrected chi connectivity index (χ2v) is 5.80. The van der Waals surface area contributed by atoms with Crippen LogP contribution in [0.5, 0.6) is 5.88 Å². The average molecular weight is 256 g/mol. The van der Waals surface area contributed by atoms with E-state index in [9.17, 15) is 0 Å². The SMILES string of the molecule is CC(C)(C)Oc1nc(SCCCO)ccc1N. The molecule has 0 bridgehead atoms. The van der Waals surface area contributed by atoms with Crippen LogP contribution < -0.4 is 10.5 Å². The average Bonchev–Trinajstić information content (AvgIpc) is 2.21. The molecule has 0 spiro atoms. The summed E-state index contributed by atoms with van der Waals surface area (Å²) in [5, 5.41) is 9.58. The van der Waals surface area contributed by atoms with Gasteiger partial charge in [0.05, 0.1) is 5.69 Å². The van der Waals surface area contributed by atoms with Gasteiger partial charge in [-0.1, -0.05) is 0 Å². The third-order valence-corrected chi connectivity index (χ3v) is 2.84. The number of anilines is 1. The van der Waals surface area contributed by atoms with Gasteiger partial charge in [-0.15, -0.1) is 11.8 Å². The predicted molar refractivity (Wildman–Crippen MR) is 71.5 cm³/mol. The summed E-state index contributed by atoms with van der Waals surface area (Å²) in [6.45, 7) is 6.08. The molecule has 17 heavy (non-hydrogen) atoms. The zero-order chi connectivity index (χ0) is 12.9. The summed E-state index contributed by atoms with van der Waals surface area (Å²) < 4.78 is 5.68. The number of pyridine rings is 1. The molecule has 0 amide bonds. The largest absolute Gasteiger partial charge is 0.470 e. The summed E-state index contributed by atoms with van der Waals surface area (Å²) in [7, 11) is 0. The number of ether oxygens (including phenoxy) is 1. The maximum absolute atomic E-state index is 8.72. The molecule has 0 unspecified atom stereocenters. The van der Waals surface area contributed by atoms with Crippen molar-refractivity contribution in [3.05, 3.63) is 12.1 Å². The molecule has 1 rings (SSSR count). The van der Waals surface area contributed by atoms with Gasteiger partial charge < -0.3 is 15.6 Å². The standard InChI is InChI=1S/C12H20N2O2S/c1-12(2,3)16-11-9(13)5-6-10(14-11)17-8-4-7-15/h5-6,15H,4,7-8,13H2,1-3H3. The maximum Gasteiger partial charge on any atom is 0.238 e. The van der Waals surface area contributed by atoms with E-state index >= 15 is 0 Å². The molecule has 1 aromatic rings. The van der Waals surface area contributed by atoms with Gasteiger partial charge in [-0.05, 0) is 39.3 Å². The first-order valence-corrected chi connectivity index (χ1v) is 6.60. The second kappa shape index (κ2) is 6.12. The number of nitrogens with zero attached hydrogens (tertiary/aromatic N) is 1. The van der Waals surface area contributed by atoms with Crippen molar-refractivity contribution < 1.29 is 9.84 Å². The van der Waals surface area contributed by atoms with Crippen molar-refractivity contribution in [3.63, 3.8) is 0 Å². The zero-order valence-electron chi connectivity index (χ0n) is 10.6. The van der Waals surface area contributed by atoms with Gasteiger partial charge in [0.25, 0.3) is 0 Å². The Kier molecular flexibility index (Phi) is 5.08. The molecule has 0 aliphatic rings. The van der Waals surface area contributed by atoms with Crippen LogP contribution in [0.25, 0.3) is 0 Å². The quantitative estimate of drug-likeness (QED) is 0.625. The Morgan fingerprint density at radius 3 is 2.71 bits per heavy atom. The van der Waals surface area contributed by atoms with Crippen molar-refractivity contribution >= 4 is 17.4 Å². The molecule has 0 aliphatic carbocycles. The molecule has 0 fully saturated rings. The monoisotopic (exact) mass is 256 g/mol. The molecular weight excluding hydrogens is 236 g/mol. The number of aromatic nitrogens is 1. The van der Waals surface area contributed by atoms with E-state index in [0.29, 0.717) is 11.6 Å². The van der Waals surface area contributed by atoms with Gasteiger partial charge in [0.2, 0.25) is 5.88 Å². The number of aliphatic hydroxyl groups is 1. The second-order valence-electron chi connectivity index (χ2n) is 4.68. The minimum atomic E-state index is -0.310. The number of thioether (sulfide) groups is 1. The van der Waals surface area contributed by atoms with Crippen LogP contribution in [0.1, 0.15) is 27.2 Å².